The second-order valence-electron chi connectivity index (χ2n) is 32.0. The summed E-state index contributed by atoms with van der Waals surface area (Å²) < 4.78 is 0. The Labute approximate surface area is 606 Å². The van der Waals surface area contributed by atoms with Gasteiger partial charge in [-0.1, -0.05) is 199 Å². The van der Waals surface area contributed by atoms with Crippen LogP contribution in [0.3, 0.4) is 0 Å². The molecule has 0 nitrogen and oxygen atoms in total. The van der Waals surface area contributed by atoms with Crippen LogP contribution in [0.15, 0.2) is 188 Å². The highest BCUT2D eigenvalue weighted by atomic mass is 14.4. The van der Waals surface area contributed by atoms with Gasteiger partial charge in [0, 0.05) is 0 Å². The van der Waals surface area contributed by atoms with Gasteiger partial charge < -0.3 is 0 Å². The molecule has 12 aromatic rings. The monoisotopic (exact) mass is 1320 g/mol. The van der Waals surface area contributed by atoms with Gasteiger partial charge in [0.05, 0.1) is 0 Å². The number of hydrogen-bond acceptors (Lipinski definition) is 0. The average Bonchev–Trinajstić information content (AvgIpc) is 1.64. The van der Waals surface area contributed by atoms with Crippen LogP contribution in [-0.4, -0.2) is 0 Å². The van der Waals surface area contributed by atoms with Crippen molar-refractivity contribution in [3.63, 3.8) is 0 Å². The maximum atomic E-state index is 2.47. The first-order valence-corrected chi connectivity index (χ1v) is 39.1. The molecule has 0 bridgehead atoms. The van der Waals surface area contributed by atoms with Crippen molar-refractivity contribution >= 4 is 6.08 Å². The third kappa shape index (κ3) is 10.8. The van der Waals surface area contributed by atoms with Crippen molar-refractivity contribution in [1.29, 1.82) is 0 Å². The van der Waals surface area contributed by atoms with Gasteiger partial charge in [-0.15, -0.1) is 0 Å². The summed E-state index contributed by atoms with van der Waals surface area (Å²) in [6.07, 6.45) is 32.1. The third-order valence-electron chi connectivity index (χ3n) is 26.1. The van der Waals surface area contributed by atoms with Crippen molar-refractivity contribution in [2.75, 3.05) is 0 Å². The van der Waals surface area contributed by atoms with Crippen LogP contribution in [0.1, 0.15) is 199 Å². The average molecular weight is 1320 g/mol. The quantitative estimate of drug-likeness (QED) is 0.142. The van der Waals surface area contributed by atoms with Crippen LogP contribution in [0.5, 0.6) is 0 Å². The molecular weight excluding hydrogens is 1230 g/mol. The molecular formula is C102H94. The van der Waals surface area contributed by atoms with Gasteiger partial charge in [-0.25, -0.2) is 0 Å². The summed E-state index contributed by atoms with van der Waals surface area (Å²) in [5.41, 5.74) is 64.8. The summed E-state index contributed by atoms with van der Waals surface area (Å²) in [7, 11) is 0. The van der Waals surface area contributed by atoms with Crippen LogP contribution < -0.4 is 0 Å². The van der Waals surface area contributed by atoms with Gasteiger partial charge in [0.15, 0.2) is 0 Å². The standard InChI is InChI=1S/2C17H16.C17H14.3C17H16/c3*1-11-14-8-4-6-12(14)10-17-15-7-3-2-5-13(15)9-16(11)17;1-11-9-16-14-6-3-2-5-12(14)10-17(16)15-8-4-7-13(11)15;1-11-5-8-16-14(9-11)10-13-7-6-12-3-2-4-15(12)17(13)16;1-11-5-6-13-10-14-8-7-12-3-2-4-15(12)17(14)16(13)9-11/h2*2-3,5,7,10H,4,6,8-9H2,1H3;2-5,7-8,10H,6,9H2,1H3;2-3,5-6,9H,4,7-8,10H2,1H3;2*5-9H,2-4,10H2,1H3. The van der Waals surface area contributed by atoms with Gasteiger partial charge in [0.1, 0.15) is 0 Å². The molecule has 0 aliphatic heterocycles. The number of allylic oxidation sites excluding steroid dienone is 1. The Morgan fingerprint density at radius 3 is 1.17 bits per heavy atom. The molecule has 0 unspecified atom stereocenters. The van der Waals surface area contributed by atoms with E-state index in [0.717, 1.165) is 44.9 Å². The van der Waals surface area contributed by atoms with E-state index in [9.17, 15) is 0 Å². The Kier molecular flexibility index (Phi) is 16.0. The molecule has 12 aromatic carbocycles. The second-order valence-corrected chi connectivity index (χ2v) is 32.0. The van der Waals surface area contributed by atoms with Gasteiger partial charge in [-0.2, -0.15) is 0 Å². The minimum Gasteiger partial charge on any atom is -0.0795 e. The first kappa shape index (κ1) is 63.3. The number of hydrogen-bond donors (Lipinski definition) is 0. The second kappa shape index (κ2) is 25.7. The van der Waals surface area contributed by atoms with E-state index >= 15 is 0 Å². The molecule has 102 heavy (non-hydrogen) atoms. The fourth-order valence-electron chi connectivity index (χ4n) is 21.1. The molecule has 12 aliphatic carbocycles. The fraction of sp³-hybridized carbons (Fsp3) is 0.275. The summed E-state index contributed by atoms with van der Waals surface area (Å²) in [5, 5.41) is 0. The lowest BCUT2D eigenvalue weighted by Crippen LogP contribution is -1.94. The molecule has 0 saturated heterocycles. The summed E-state index contributed by atoms with van der Waals surface area (Å²) in [6, 6.07) is 68.5. The molecule has 502 valence electrons. The highest BCUT2D eigenvalue weighted by molar-refractivity contribution is 5.86. The van der Waals surface area contributed by atoms with E-state index < -0.39 is 0 Å². The normalized spacial score (nSPS) is 15.4. The van der Waals surface area contributed by atoms with E-state index in [-0.39, 0.29) is 0 Å². The van der Waals surface area contributed by atoms with Crippen LogP contribution in [0.2, 0.25) is 0 Å². The van der Waals surface area contributed by atoms with Gasteiger partial charge in [-0.3, -0.25) is 0 Å². The maximum absolute atomic E-state index is 2.47. The van der Waals surface area contributed by atoms with E-state index in [4.69, 9.17) is 0 Å². The highest BCUT2D eigenvalue weighted by Gasteiger charge is 2.32. The van der Waals surface area contributed by atoms with Crippen molar-refractivity contribution in [3.05, 3.63) is 355 Å². The summed E-state index contributed by atoms with van der Waals surface area (Å²) in [4.78, 5) is 0. The van der Waals surface area contributed by atoms with Crippen LogP contribution in [0.4, 0.5) is 0 Å². The Balaban J connectivity index is 0.0000000847. The van der Waals surface area contributed by atoms with Crippen LogP contribution >= 0.6 is 0 Å². The van der Waals surface area contributed by atoms with Crippen LogP contribution in [-0.2, 0) is 109 Å². The lowest BCUT2D eigenvalue weighted by Gasteiger charge is -2.11. The molecule has 0 amide bonds. The Bertz CT molecular complexity index is 5380. The minimum absolute atomic E-state index is 1.10. The summed E-state index contributed by atoms with van der Waals surface area (Å²) in [6.45, 7) is 13.6. The van der Waals surface area contributed by atoms with Gasteiger partial charge in [0.2, 0.25) is 0 Å². The molecule has 0 saturated carbocycles. The van der Waals surface area contributed by atoms with Gasteiger partial charge in [0.25, 0.3) is 0 Å². The smallest absolute Gasteiger partial charge is 0.00106 e. The maximum Gasteiger partial charge on any atom is -0.00106 e. The zero-order valence-corrected chi connectivity index (χ0v) is 61.0. The topological polar surface area (TPSA) is 0 Å². The van der Waals surface area contributed by atoms with Crippen molar-refractivity contribution < 1.29 is 0 Å². The number of rotatable bonds is 0. The fourth-order valence-corrected chi connectivity index (χ4v) is 21.1. The molecule has 0 aromatic heterocycles. The minimum atomic E-state index is 1.10. The molecule has 0 atom stereocenters. The molecule has 0 fully saturated rings. The van der Waals surface area contributed by atoms with Crippen molar-refractivity contribution in [2.45, 2.75) is 183 Å². The summed E-state index contributed by atoms with van der Waals surface area (Å²) in [5.74, 6) is 0. The number of fused-ring (bicyclic) bond motifs is 27. The predicted octanol–water partition coefficient (Wildman–Crippen LogP) is 24.4. The third-order valence-corrected chi connectivity index (χ3v) is 26.1. The summed E-state index contributed by atoms with van der Waals surface area (Å²) >= 11 is 0. The van der Waals surface area contributed by atoms with E-state index in [1.54, 1.807) is 106 Å². The first-order chi connectivity index (χ1) is 50.0. The Morgan fingerprint density at radius 2 is 0.608 bits per heavy atom. The lowest BCUT2D eigenvalue weighted by atomic mass is 9.94. The van der Waals surface area contributed by atoms with Gasteiger partial charge >= 0.3 is 0 Å². The van der Waals surface area contributed by atoms with E-state index in [1.807, 2.05) is 0 Å². The molecule has 0 radical (unpaired) electrons. The van der Waals surface area contributed by atoms with E-state index in [2.05, 4.69) is 236 Å². The molecule has 12 aliphatic rings. The Morgan fingerprint density at radius 1 is 0.216 bits per heavy atom. The molecule has 0 heteroatoms. The zero-order valence-electron chi connectivity index (χ0n) is 61.0. The van der Waals surface area contributed by atoms with Crippen molar-refractivity contribution in [3.8, 4) is 66.8 Å². The van der Waals surface area contributed by atoms with E-state index in [1.165, 1.54) is 224 Å². The highest BCUT2D eigenvalue weighted by Crippen LogP contribution is 2.49. The van der Waals surface area contributed by atoms with Crippen molar-refractivity contribution in [2.24, 2.45) is 0 Å². The van der Waals surface area contributed by atoms with Crippen LogP contribution in [0, 0.1) is 41.5 Å². The van der Waals surface area contributed by atoms with Crippen molar-refractivity contribution in [1.82, 2.24) is 0 Å². The molecule has 0 N–H and O–H groups in total. The lowest BCUT2D eigenvalue weighted by molar-refractivity contribution is 0.906. The molecule has 24 rings (SSSR count). The number of benzene rings is 12. The van der Waals surface area contributed by atoms with Crippen LogP contribution in [0.25, 0.3) is 72.8 Å². The Hall–Kier alpha value is -9.62. The number of aryl methyl sites for hydroxylation is 7. The largest absolute Gasteiger partial charge is 0.0795 e. The zero-order chi connectivity index (χ0) is 68.4. The van der Waals surface area contributed by atoms with Gasteiger partial charge in [-0.05, 0) is 411 Å². The molecule has 0 heterocycles. The SMILES string of the molecule is Cc1c2c(cc3c1Cc1ccccc1-3)CC=C2.Cc1c2c(cc3c1Cc1ccccc1-3)CCC2.Cc1c2c(cc3c1Cc1ccccc1-3)CCC2.Cc1cc2c(c3c1CCC3)Cc1ccccc1-2.Cc1ccc2c(c1)-c1c(ccc3c1CCC3)C2.Cc1ccc2c(c1)Cc1ccc3c(c1-2)CCC3. The van der Waals surface area contributed by atoms with E-state index in [0.29, 0.717) is 0 Å². The first-order valence-electron chi connectivity index (χ1n) is 39.1. The predicted molar refractivity (Wildman–Crippen MR) is 429 cm³/mol. The molecule has 0 spiro atoms.